The third-order valence-electron chi connectivity index (χ3n) is 2.14. The van der Waals surface area contributed by atoms with Crippen LogP contribution in [-0.4, -0.2) is 36.6 Å². The number of rotatable bonds is 8. The molecule has 0 unspecified atom stereocenters. The van der Waals surface area contributed by atoms with E-state index in [4.69, 9.17) is 5.11 Å². The standard InChI is InChI=1S/C11H22N2O3/c1-2-3-7-12-10(15)11(16)13-8-5-4-6-9-14/h14H,2-9H2,1H3,(H,12,15)(H,13,16). The van der Waals surface area contributed by atoms with E-state index in [2.05, 4.69) is 10.6 Å². The van der Waals surface area contributed by atoms with Crippen LogP contribution < -0.4 is 10.6 Å². The Labute approximate surface area is 96.6 Å². The third-order valence-corrected chi connectivity index (χ3v) is 2.14. The van der Waals surface area contributed by atoms with E-state index in [0.717, 1.165) is 32.1 Å². The number of unbranched alkanes of at least 4 members (excludes halogenated alkanes) is 3. The third kappa shape index (κ3) is 8.23. The molecule has 0 aromatic heterocycles. The Morgan fingerprint density at radius 2 is 1.50 bits per heavy atom. The van der Waals surface area contributed by atoms with Gasteiger partial charge in [-0.3, -0.25) is 9.59 Å². The molecule has 0 bridgehead atoms. The highest BCUT2D eigenvalue weighted by Gasteiger charge is 2.10. The Morgan fingerprint density at radius 1 is 0.938 bits per heavy atom. The van der Waals surface area contributed by atoms with Gasteiger partial charge in [0.25, 0.3) is 0 Å². The fraction of sp³-hybridized carbons (Fsp3) is 0.818. The van der Waals surface area contributed by atoms with Crippen molar-refractivity contribution in [2.24, 2.45) is 0 Å². The lowest BCUT2D eigenvalue weighted by Crippen LogP contribution is -2.40. The molecule has 94 valence electrons. The normalized spacial score (nSPS) is 9.88. The van der Waals surface area contributed by atoms with Crippen molar-refractivity contribution >= 4 is 11.8 Å². The van der Waals surface area contributed by atoms with Gasteiger partial charge in [0.2, 0.25) is 0 Å². The van der Waals surface area contributed by atoms with Crippen molar-refractivity contribution in [3.05, 3.63) is 0 Å². The number of nitrogens with one attached hydrogen (secondary N) is 2. The minimum Gasteiger partial charge on any atom is -0.396 e. The summed E-state index contributed by atoms with van der Waals surface area (Å²) in [6, 6.07) is 0. The summed E-state index contributed by atoms with van der Waals surface area (Å²) in [7, 11) is 0. The second-order valence-electron chi connectivity index (χ2n) is 3.65. The molecule has 5 heteroatoms. The molecule has 0 aromatic rings. The first-order chi connectivity index (χ1) is 7.72. The van der Waals surface area contributed by atoms with Gasteiger partial charge in [0, 0.05) is 19.7 Å². The second kappa shape index (κ2) is 10.4. The number of aliphatic hydroxyl groups is 1. The van der Waals surface area contributed by atoms with E-state index in [9.17, 15) is 9.59 Å². The molecule has 0 saturated carbocycles. The van der Waals surface area contributed by atoms with Gasteiger partial charge < -0.3 is 15.7 Å². The number of aliphatic hydroxyl groups excluding tert-OH is 1. The minimum atomic E-state index is -0.569. The van der Waals surface area contributed by atoms with Crippen LogP contribution in [0.3, 0.4) is 0 Å². The van der Waals surface area contributed by atoms with Crippen LogP contribution in [0.15, 0.2) is 0 Å². The number of carbonyl (C=O) groups is 2. The SMILES string of the molecule is CCCCNC(=O)C(=O)NCCCCCO. The molecule has 0 saturated heterocycles. The molecule has 3 N–H and O–H groups in total. The summed E-state index contributed by atoms with van der Waals surface area (Å²) in [5, 5.41) is 13.6. The maximum Gasteiger partial charge on any atom is 0.309 e. The van der Waals surface area contributed by atoms with Gasteiger partial charge in [0.1, 0.15) is 0 Å². The number of carbonyl (C=O) groups excluding carboxylic acids is 2. The van der Waals surface area contributed by atoms with Crippen molar-refractivity contribution in [2.45, 2.75) is 39.0 Å². The topological polar surface area (TPSA) is 78.4 Å². The summed E-state index contributed by atoms with van der Waals surface area (Å²) in [6.45, 7) is 3.23. The first kappa shape index (κ1) is 14.9. The van der Waals surface area contributed by atoms with Crippen molar-refractivity contribution in [3.8, 4) is 0 Å². The van der Waals surface area contributed by atoms with Crippen LogP contribution in [0, 0.1) is 0 Å². The number of hydrogen-bond donors (Lipinski definition) is 3. The summed E-state index contributed by atoms with van der Waals surface area (Å²) in [5.74, 6) is -1.13. The van der Waals surface area contributed by atoms with Gasteiger partial charge in [-0.2, -0.15) is 0 Å². The second-order valence-corrected chi connectivity index (χ2v) is 3.65. The van der Waals surface area contributed by atoms with Gasteiger partial charge in [-0.05, 0) is 25.7 Å². The van der Waals surface area contributed by atoms with E-state index in [1.807, 2.05) is 6.92 Å². The predicted octanol–water partition coefficient (Wildman–Crippen LogP) is 0.182. The zero-order valence-corrected chi connectivity index (χ0v) is 9.92. The lowest BCUT2D eigenvalue weighted by molar-refractivity contribution is -0.139. The molecule has 0 aliphatic carbocycles. The monoisotopic (exact) mass is 230 g/mol. The Balaban J connectivity index is 3.44. The molecule has 0 aromatic carbocycles. The smallest absolute Gasteiger partial charge is 0.309 e. The maximum atomic E-state index is 11.2. The Kier molecular flexibility index (Phi) is 9.70. The van der Waals surface area contributed by atoms with E-state index in [0.29, 0.717) is 13.1 Å². The van der Waals surface area contributed by atoms with Crippen molar-refractivity contribution < 1.29 is 14.7 Å². The fourth-order valence-corrected chi connectivity index (χ4v) is 1.15. The molecular weight excluding hydrogens is 208 g/mol. The van der Waals surface area contributed by atoms with Crippen molar-refractivity contribution in [1.82, 2.24) is 10.6 Å². The molecule has 16 heavy (non-hydrogen) atoms. The van der Waals surface area contributed by atoms with Crippen molar-refractivity contribution in [3.63, 3.8) is 0 Å². The number of hydrogen-bond acceptors (Lipinski definition) is 3. The van der Waals surface area contributed by atoms with Crippen molar-refractivity contribution in [1.29, 1.82) is 0 Å². The largest absolute Gasteiger partial charge is 0.396 e. The zero-order chi connectivity index (χ0) is 12.2. The van der Waals surface area contributed by atoms with E-state index in [-0.39, 0.29) is 6.61 Å². The summed E-state index contributed by atoms with van der Waals surface area (Å²) in [5.41, 5.74) is 0. The van der Waals surface area contributed by atoms with Gasteiger partial charge in [-0.1, -0.05) is 13.3 Å². The molecule has 0 heterocycles. The molecule has 0 atom stereocenters. The van der Waals surface area contributed by atoms with E-state index < -0.39 is 11.8 Å². The Hall–Kier alpha value is -1.10. The minimum absolute atomic E-state index is 0.172. The first-order valence-corrected chi connectivity index (χ1v) is 5.89. The van der Waals surface area contributed by atoms with Gasteiger partial charge in [0.05, 0.1) is 0 Å². The van der Waals surface area contributed by atoms with Gasteiger partial charge >= 0.3 is 11.8 Å². The fourth-order valence-electron chi connectivity index (χ4n) is 1.15. The Bertz CT molecular complexity index is 207. The van der Waals surface area contributed by atoms with E-state index in [1.54, 1.807) is 0 Å². The molecule has 5 nitrogen and oxygen atoms in total. The first-order valence-electron chi connectivity index (χ1n) is 5.89. The summed E-state index contributed by atoms with van der Waals surface area (Å²) < 4.78 is 0. The molecule has 0 aliphatic rings. The van der Waals surface area contributed by atoms with Crippen LogP contribution in [-0.2, 0) is 9.59 Å². The summed E-state index contributed by atoms with van der Waals surface area (Å²) >= 11 is 0. The van der Waals surface area contributed by atoms with Crippen LogP contribution in [0.1, 0.15) is 39.0 Å². The quantitative estimate of drug-likeness (QED) is 0.411. The molecule has 0 rings (SSSR count). The van der Waals surface area contributed by atoms with E-state index >= 15 is 0 Å². The average Bonchev–Trinajstić information content (AvgIpc) is 2.28. The summed E-state index contributed by atoms with van der Waals surface area (Å²) in [4.78, 5) is 22.4. The molecule has 0 spiro atoms. The lowest BCUT2D eigenvalue weighted by atomic mass is 10.2. The zero-order valence-electron chi connectivity index (χ0n) is 9.92. The number of amides is 2. The highest BCUT2D eigenvalue weighted by atomic mass is 16.3. The molecule has 0 radical (unpaired) electrons. The highest BCUT2D eigenvalue weighted by Crippen LogP contribution is 1.91. The van der Waals surface area contributed by atoms with Crippen LogP contribution in [0.4, 0.5) is 0 Å². The highest BCUT2D eigenvalue weighted by molar-refractivity contribution is 6.35. The van der Waals surface area contributed by atoms with Crippen LogP contribution in [0.25, 0.3) is 0 Å². The van der Waals surface area contributed by atoms with Crippen molar-refractivity contribution in [2.75, 3.05) is 19.7 Å². The Morgan fingerprint density at radius 3 is 2.00 bits per heavy atom. The van der Waals surface area contributed by atoms with Gasteiger partial charge in [-0.25, -0.2) is 0 Å². The van der Waals surface area contributed by atoms with Gasteiger partial charge in [0.15, 0.2) is 0 Å². The summed E-state index contributed by atoms with van der Waals surface area (Å²) in [6.07, 6.45) is 4.25. The molecule has 0 aliphatic heterocycles. The maximum absolute atomic E-state index is 11.2. The predicted molar refractivity (Wildman–Crippen MR) is 61.9 cm³/mol. The van der Waals surface area contributed by atoms with Crippen LogP contribution in [0.5, 0.6) is 0 Å². The van der Waals surface area contributed by atoms with Crippen LogP contribution >= 0.6 is 0 Å². The molecular formula is C11H22N2O3. The molecule has 0 fully saturated rings. The van der Waals surface area contributed by atoms with Gasteiger partial charge in [-0.15, -0.1) is 0 Å². The van der Waals surface area contributed by atoms with E-state index in [1.165, 1.54) is 0 Å². The van der Waals surface area contributed by atoms with Crippen LogP contribution in [0.2, 0.25) is 0 Å². The molecule has 2 amide bonds. The lowest BCUT2D eigenvalue weighted by Gasteiger charge is -2.05. The average molecular weight is 230 g/mol.